The van der Waals surface area contributed by atoms with Crippen LogP contribution in [0.25, 0.3) is 22.6 Å². The summed E-state index contributed by atoms with van der Waals surface area (Å²) in [6, 6.07) is 6.02. The quantitative estimate of drug-likeness (QED) is 0.548. The average Bonchev–Trinajstić information content (AvgIpc) is 3.19. The summed E-state index contributed by atoms with van der Waals surface area (Å²) in [5.41, 5.74) is 2.65. The number of aromatic amines is 1. The molecule has 2 aliphatic carbocycles. The zero-order chi connectivity index (χ0) is 22.1. The number of rotatable bonds is 8. The molecule has 2 N–H and O–H groups in total. The third-order valence-corrected chi connectivity index (χ3v) is 6.45. The van der Waals surface area contributed by atoms with Gasteiger partial charge in [-0.1, -0.05) is 6.42 Å². The molecule has 9 heteroatoms. The third kappa shape index (κ3) is 3.90. The molecule has 0 radical (unpaired) electrons. The van der Waals surface area contributed by atoms with Crippen LogP contribution in [0.3, 0.4) is 0 Å². The van der Waals surface area contributed by atoms with E-state index in [9.17, 15) is 9.90 Å². The van der Waals surface area contributed by atoms with Gasteiger partial charge in [0.1, 0.15) is 18.1 Å². The number of nitrogens with zero attached hydrogens (tertiary/aromatic N) is 4. The molecule has 32 heavy (non-hydrogen) atoms. The third-order valence-electron chi connectivity index (χ3n) is 6.45. The van der Waals surface area contributed by atoms with Gasteiger partial charge in [-0.15, -0.1) is 5.10 Å². The Labute approximate surface area is 185 Å². The van der Waals surface area contributed by atoms with Crippen LogP contribution in [0, 0.1) is 12.3 Å². The number of aryl methyl sites for hydroxylation is 1. The van der Waals surface area contributed by atoms with Crippen molar-refractivity contribution < 1.29 is 19.4 Å². The SMILES string of the molecule is Cc1cc(OCC2(C(=O)O)CCC2)ncc1-c1ccc(-c2nc(OC3CCC3)n[nH]2)cn1. The second kappa shape index (κ2) is 8.22. The maximum atomic E-state index is 11.5. The number of hydrogen-bond acceptors (Lipinski definition) is 7. The van der Waals surface area contributed by atoms with E-state index in [0.29, 0.717) is 30.6 Å². The van der Waals surface area contributed by atoms with E-state index in [2.05, 4.69) is 25.1 Å². The number of H-pyrrole nitrogens is 1. The molecule has 0 aromatic carbocycles. The lowest BCUT2D eigenvalue weighted by Gasteiger charge is -2.36. The summed E-state index contributed by atoms with van der Waals surface area (Å²) in [5.74, 6) is 0.242. The van der Waals surface area contributed by atoms with Crippen LogP contribution in [0.15, 0.2) is 30.6 Å². The van der Waals surface area contributed by atoms with Crippen LogP contribution in [0.2, 0.25) is 0 Å². The molecule has 0 spiro atoms. The van der Waals surface area contributed by atoms with Crippen LogP contribution in [0.1, 0.15) is 44.1 Å². The van der Waals surface area contributed by atoms with E-state index < -0.39 is 11.4 Å². The zero-order valence-corrected chi connectivity index (χ0v) is 17.9. The Morgan fingerprint density at radius 2 is 2.06 bits per heavy atom. The normalized spacial score (nSPS) is 17.3. The molecule has 0 aliphatic heterocycles. The average molecular weight is 435 g/mol. The first-order valence-electron chi connectivity index (χ1n) is 10.9. The topological polar surface area (TPSA) is 123 Å². The Kier molecular flexibility index (Phi) is 5.24. The molecular weight excluding hydrogens is 410 g/mol. The molecular formula is C23H25N5O4. The number of aromatic nitrogens is 5. The highest BCUT2D eigenvalue weighted by Gasteiger charge is 2.45. The smallest absolute Gasteiger partial charge is 0.336 e. The summed E-state index contributed by atoms with van der Waals surface area (Å²) in [4.78, 5) is 24.8. The first kappa shape index (κ1) is 20.4. The Morgan fingerprint density at radius 1 is 1.22 bits per heavy atom. The standard InChI is InChI=1S/C23H25N5O4/c1-14-10-19(31-13-23(21(29)30)8-3-9-23)25-12-17(14)18-7-6-15(11-24-18)20-26-22(28-27-20)32-16-4-2-5-16/h6-7,10-12,16H,2-5,8-9,13H2,1H3,(H,29,30)(H,26,27,28). The van der Waals surface area contributed by atoms with Crippen LogP contribution < -0.4 is 9.47 Å². The Bertz CT molecular complexity index is 1120. The van der Waals surface area contributed by atoms with Gasteiger partial charge in [-0.05, 0) is 56.7 Å². The predicted octanol–water partition coefficient (Wildman–Crippen LogP) is 3.80. The number of pyridine rings is 2. The summed E-state index contributed by atoms with van der Waals surface area (Å²) in [6.45, 7) is 2.10. The minimum absolute atomic E-state index is 0.144. The number of ether oxygens (including phenoxy) is 2. The van der Waals surface area contributed by atoms with Crippen molar-refractivity contribution in [3.05, 3.63) is 36.2 Å². The van der Waals surface area contributed by atoms with Crippen LogP contribution in [-0.2, 0) is 4.79 Å². The first-order chi connectivity index (χ1) is 15.5. The fraction of sp³-hybridized carbons (Fsp3) is 0.435. The Hall–Kier alpha value is -3.49. The van der Waals surface area contributed by atoms with Gasteiger partial charge >= 0.3 is 12.0 Å². The summed E-state index contributed by atoms with van der Waals surface area (Å²) in [5, 5.41) is 16.5. The molecule has 3 aromatic rings. The number of carboxylic acids is 1. The van der Waals surface area contributed by atoms with Gasteiger partial charge in [0.25, 0.3) is 0 Å². The molecule has 9 nitrogen and oxygen atoms in total. The monoisotopic (exact) mass is 435 g/mol. The highest BCUT2D eigenvalue weighted by molar-refractivity contribution is 5.76. The van der Waals surface area contributed by atoms with Crippen molar-refractivity contribution in [2.75, 3.05) is 6.61 Å². The van der Waals surface area contributed by atoms with Crippen molar-refractivity contribution in [3.63, 3.8) is 0 Å². The molecule has 2 aliphatic rings. The number of hydrogen-bond donors (Lipinski definition) is 2. The first-order valence-corrected chi connectivity index (χ1v) is 10.9. The molecule has 0 unspecified atom stereocenters. The highest BCUT2D eigenvalue weighted by Crippen LogP contribution is 2.41. The predicted molar refractivity (Wildman–Crippen MR) is 115 cm³/mol. The largest absolute Gasteiger partial charge is 0.481 e. The van der Waals surface area contributed by atoms with Gasteiger partial charge in [0.05, 0.1) is 5.69 Å². The van der Waals surface area contributed by atoms with Gasteiger partial charge in [0.2, 0.25) is 5.88 Å². The number of aliphatic carboxylic acids is 1. The molecule has 3 heterocycles. The number of carbonyl (C=O) groups is 1. The second-order valence-corrected chi connectivity index (χ2v) is 8.63. The van der Waals surface area contributed by atoms with Crippen LogP contribution >= 0.6 is 0 Å². The Morgan fingerprint density at radius 3 is 2.66 bits per heavy atom. The molecule has 0 bridgehead atoms. The second-order valence-electron chi connectivity index (χ2n) is 8.63. The van der Waals surface area contributed by atoms with Crippen LogP contribution in [0.5, 0.6) is 11.9 Å². The van der Waals surface area contributed by atoms with Crippen molar-refractivity contribution in [2.24, 2.45) is 5.41 Å². The van der Waals surface area contributed by atoms with E-state index in [4.69, 9.17) is 9.47 Å². The van der Waals surface area contributed by atoms with Crippen LogP contribution in [-0.4, -0.2) is 48.9 Å². The molecule has 0 amide bonds. The van der Waals surface area contributed by atoms with Crippen molar-refractivity contribution in [2.45, 2.75) is 51.6 Å². The van der Waals surface area contributed by atoms with Crippen molar-refractivity contribution in [1.29, 1.82) is 0 Å². The lowest BCUT2D eigenvalue weighted by Crippen LogP contribution is -2.43. The van der Waals surface area contributed by atoms with Gasteiger partial charge in [0, 0.05) is 29.6 Å². The van der Waals surface area contributed by atoms with E-state index >= 15 is 0 Å². The Balaban J connectivity index is 1.26. The summed E-state index contributed by atoms with van der Waals surface area (Å²) in [7, 11) is 0. The maximum Gasteiger partial charge on any atom is 0.336 e. The minimum Gasteiger partial charge on any atom is -0.481 e. The zero-order valence-electron chi connectivity index (χ0n) is 17.9. The molecule has 2 saturated carbocycles. The molecule has 3 aromatic heterocycles. The van der Waals surface area contributed by atoms with Gasteiger partial charge in [-0.25, -0.2) is 4.98 Å². The highest BCUT2D eigenvalue weighted by atomic mass is 16.5. The van der Waals surface area contributed by atoms with E-state index in [-0.39, 0.29) is 12.7 Å². The minimum atomic E-state index is -0.796. The summed E-state index contributed by atoms with van der Waals surface area (Å²) >= 11 is 0. The van der Waals surface area contributed by atoms with Gasteiger partial charge < -0.3 is 14.6 Å². The summed E-state index contributed by atoms with van der Waals surface area (Å²) in [6.07, 6.45) is 9.19. The van der Waals surface area contributed by atoms with E-state index in [1.165, 1.54) is 6.42 Å². The van der Waals surface area contributed by atoms with Crippen LogP contribution in [0.4, 0.5) is 0 Å². The molecule has 2 fully saturated rings. The van der Waals surface area contributed by atoms with Gasteiger partial charge in [-0.3, -0.25) is 14.9 Å². The molecule has 0 saturated heterocycles. The molecule has 5 rings (SSSR count). The number of nitrogens with one attached hydrogen (secondary N) is 1. The van der Waals surface area contributed by atoms with Crippen molar-refractivity contribution in [3.8, 4) is 34.5 Å². The fourth-order valence-corrected chi connectivity index (χ4v) is 3.87. The molecule has 166 valence electrons. The summed E-state index contributed by atoms with van der Waals surface area (Å²) < 4.78 is 11.4. The van der Waals surface area contributed by atoms with E-state index in [0.717, 1.165) is 41.6 Å². The van der Waals surface area contributed by atoms with Crippen molar-refractivity contribution >= 4 is 5.97 Å². The number of carboxylic acid groups (broad SMARTS) is 1. The lowest BCUT2D eigenvalue weighted by atomic mass is 9.69. The lowest BCUT2D eigenvalue weighted by molar-refractivity contribution is -0.157. The van der Waals surface area contributed by atoms with E-state index in [1.807, 2.05) is 25.1 Å². The maximum absolute atomic E-state index is 11.5. The van der Waals surface area contributed by atoms with Gasteiger partial charge in [-0.2, -0.15) is 4.98 Å². The fourth-order valence-electron chi connectivity index (χ4n) is 3.87. The van der Waals surface area contributed by atoms with E-state index in [1.54, 1.807) is 12.4 Å². The molecule has 0 atom stereocenters. The van der Waals surface area contributed by atoms with Crippen molar-refractivity contribution in [1.82, 2.24) is 25.1 Å². The van der Waals surface area contributed by atoms with Gasteiger partial charge in [0.15, 0.2) is 5.82 Å².